The van der Waals surface area contributed by atoms with Crippen LogP contribution in [0.15, 0.2) is 25.3 Å². The minimum atomic E-state index is 0.173. The highest BCUT2D eigenvalue weighted by Crippen LogP contribution is 2.14. The Labute approximate surface area is 101 Å². The van der Waals surface area contributed by atoms with Crippen LogP contribution in [-0.2, 0) is 0 Å². The molecule has 1 unspecified atom stereocenters. The Morgan fingerprint density at radius 2 is 1.81 bits per heavy atom. The summed E-state index contributed by atoms with van der Waals surface area (Å²) in [4.78, 5) is 0. The van der Waals surface area contributed by atoms with Crippen LogP contribution in [0, 0.1) is 0 Å². The van der Waals surface area contributed by atoms with Crippen LogP contribution in [0.2, 0.25) is 0 Å². The molecule has 0 aromatic carbocycles. The largest absolute Gasteiger partial charge is 0.311 e. The van der Waals surface area contributed by atoms with E-state index in [9.17, 15) is 0 Å². The second kappa shape index (κ2) is 9.61. The van der Waals surface area contributed by atoms with Gasteiger partial charge in [-0.1, -0.05) is 38.3 Å². The summed E-state index contributed by atoms with van der Waals surface area (Å²) in [5.41, 5.74) is 0.173. The third kappa shape index (κ3) is 7.66. The summed E-state index contributed by atoms with van der Waals surface area (Å²) in [6.45, 7) is 14.7. The van der Waals surface area contributed by atoms with Crippen molar-refractivity contribution in [1.29, 1.82) is 0 Å². The van der Waals surface area contributed by atoms with E-state index in [4.69, 9.17) is 0 Å². The molecule has 0 aliphatic carbocycles. The number of hydrogen-bond donors (Lipinski definition) is 2. The fourth-order valence-corrected chi connectivity index (χ4v) is 1.77. The Balaban J connectivity index is 4.00. The van der Waals surface area contributed by atoms with Crippen LogP contribution in [-0.4, -0.2) is 25.2 Å². The first kappa shape index (κ1) is 15.4. The molecular weight excluding hydrogens is 196 g/mol. The molecule has 0 spiro atoms. The summed E-state index contributed by atoms with van der Waals surface area (Å²) in [6, 6.07) is 0. The van der Waals surface area contributed by atoms with Gasteiger partial charge in [0, 0.05) is 25.2 Å². The summed E-state index contributed by atoms with van der Waals surface area (Å²) in [5.74, 6) is 0. The quantitative estimate of drug-likeness (QED) is 0.416. The molecule has 0 bridgehead atoms. The highest BCUT2D eigenvalue weighted by molar-refractivity contribution is 4.89. The van der Waals surface area contributed by atoms with Crippen molar-refractivity contribution in [3.05, 3.63) is 25.3 Å². The van der Waals surface area contributed by atoms with Gasteiger partial charge in [-0.05, 0) is 13.3 Å². The second-order valence-corrected chi connectivity index (χ2v) is 4.61. The molecule has 0 rings (SSSR count). The first-order chi connectivity index (χ1) is 7.68. The zero-order valence-corrected chi connectivity index (χ0v) is 11.0. The minimum Gasteiger partial charge on any atom is -0.311 e. The summed E-state index contributed by atoms with van der Waals surface area (Å²) in [5, 5.41) is 6.95. The first-order valence-corrected chi connectivity index (χ1v) is 6.36. The van der Waals surface area contributed by atoms with Crippen molar-refractivity contribution in [3.63, 3.8) is 0 Å². The van der Waals surface area contributed by atoms with Gasteiger partial charge in [0.2, 0.25) is 0 Å². The molecule has 1 atom stereocenters. The molecule has 2 N–H and O–H groups in total. The van der Waals surface area contributed by atoms with Gasteiger partial charge in [0.15, 0.2) is 0 Å². The Bertz CT molecular complexity index is 189. The van der Waals surface area contributed by atoms with E-state index in [1.165, 1.54) is 25.7 Å². The van der Waals surface area contributed by atoms with Crippen LogP contribution in [0.4, 0.5) is 0 Å². The van der Waals surface area contributed by atoms with Crippen LogP contribution >= 0.6 is 0 Å². The molecule has 0 saturated carbocycles. The van der Waals surface area contributed by atoms with E-state index in [1.807, 2.05) is 12.2 Å². The van der Waals surface area contributed by atoms with Gasteiger partial charge in [-0.3, -0.25) is 0 Å². The van der Waals surface area contributed by atoms with Crippen molar-refractivity contribution >= 4 is 0 Å². The molecule has 2 heteroatoms. The van der Waals surface area contributed by atoms with Crippen LogP contribution in [0.1, 0.15) is 39.5 Å². The normalized spacial score (nSPS) is 14.4. The predicted octanol–water partition coefficient (Wildman–Crippen LogP) is 2.88. The average molecular weight is 224 g/mol. The summed E-state index contributed by atoms with van der Waals surface area (Å²) in [7, 11) is 0. The van der Waals surface area contributed by atoms with Gasteiger partial charge >= 0.3 is 0 Å². The van der Waals surface area contributed by atoms with E-state index >= 15 is 0 Å². The highest BCUT2D eigenvalue weighted by Gasteiger charge is 2.21. The van der Waals surface area contributed by atoms with Crippen molar-refractivity contribution in [2.24, 2.45) is 0 Å². The molecule has 0 aliphatic rings. The van der Waals surface area contributed by atoms with Gasteiger partial charge in [-0.25, -0.2) is 0 Å². The molecule has 0 amide bonds. The zero-order valence-electron chi connectivity index (χ0n) is 11.0. The van der Waals surface area contributed by atoms with E-state index in [-0.39, 0.29) is 5.54 Å². The zero-order chi connectivity index (χ0) is 12.3. The summed E-state index contributed by atoms with van der Waals surface area (Å²) < 4.78 is 0. The number of unbranched alkanes of at least 4 members (excludes halogenated alkanes) is 2. The predicted molar refractivity (Wildman–Crippen MR) is 73.8 cm³/mol. The number of rotatable bonds is 11. The molecule has 0 radical (unpaired) electrons. The summed E-state index contributed by atoms with van der Waals surface area (Å²) in [6.07, 6.45) is 8.90. The number of nitrogens with one attached hydrogen (secondary N) is 2. The van der Waals surface area contributed by atoms with Crippen molar-refractivity contribution in [3.8, 4) is 0 Å². The third-order valence-corrected chi connectivity index (χ3v) is 2.81. The molecule has 0 aromatic rings. The van der Waals surface area contributed by atoms with Crippen LogP contribution < -0.4 is 10.6 Å². The second-order valence-electron chi connectivity index (χ2n) is 4.61. The average Bonchev–Trinajstić information content (AvgIpc) is 2.27. The fourth-order valence-electron chi connectivity index (χ4n) is 1.77. The van der Waals surface area contributed by atoms with Crippen LogP contribution in [0.5, 0.6) is 0 Å². The van der Waals surface area contributed by atoms with E-state index in [2.05, 4.69) is 37.6 Å². The minimum absolute atomic E-state index is 0.173. The van der Waals surface area contributed by atoms with Gasteiger partial charge in [-0.15, -0.1) is 13.2 Å². The Morgan fingerprint density at radius 1 is 1.12 bits per heavy atom. The summed E-state index contributed by atoms with van der Waals surface area (Å²) >= 11 is 0. The van der Waals surface area contributed by atoms with Gasteiger partial charge in [0.1, 0.15) is 0 Å². The SMILES string of the molecule is C=CCNCC(C)(CCCCC)NCC=C. The monoisotopic (exact) mass is 224 g/mol. The Morgan fingerprint density at radius 3 is 2.38 bits per heavy atom. The maximum Gasteiger partial charge on any atom is 0.0280 e. The lowest BCUT2D eigenvalue weighted by molar-refractivity contribution is 0.319. The topological polar surface area (TPSA) is 24.1 Å². The maximum atomic E-state index is 3.76. The molecule has 0 saturated heterocycles. The van der Waals surface area contributed by atoms with Gasteiger partial charge in [-0.2, -0.15) is 0 Å². The maximum absolute atomic E-state index is 3.76. The Hall–Kier alpha value is -0.600. The first-order valence-electron chi connectivity index (χ1n) is 6.36. The van der Waals surface area contributed by atoms with E-state index in [0.29, 0.717) is 0 Å². The van der Waals surface area contributed by atoms with Crippen molar-refractivity contribution < 1.29 is 0 Å². The van der Waals surface area contributed by atoms with Crippen LogP contribution in [0.25, 0.3) is 0 Å². The highest BCUT2D eigenvalue weighted by atomic mass is 15.0. The van der Waals surface area contributed by atoms with Crippen molar-refractivity contribution in [2.75, 3.05) is 19.6 Å². The Kier molecular flexibility index (Phi) is 9.25. The third-order valence-electron chi connectivity index (χ3n) is 2.81. The van der Waals surface area contributed by atoms with Crippen LogP contribution in [0.3, 0.4) is 0 Å². The lowest BCUT2D eigenvalue weighted by Gasteiger charge is -2.31. The molecule has 0 fully saturated rings. The molecule has 2 nitrogen and oxygen atoms in total. The van der Waals surface area contributed by atoms with Gasteiger partial charge in [0.25, 0.3) is 0 Å². The van der Waals surface area contributed by atoms with E-state index < -0.39 is 0 Å². The van der Waals surface area contributed by atoms with Crippen molar-refractivity contribution in [2.45, 2.75) is 45.1 Å². The lowest BCUT2D eigenvalue weighted by atomic mass is 9.94. The standard InChI is InChI=1S/C14H28N2/c1-5-8-9-10-14(4,16-12-7-3)13-15-11-6-2/h6-7,15-16H,2-3,5,8-13H2,1,4H3. The molecule has 16 heavy (non-hydrogen) atoms. The lowest BCUT2D eigenvalue weighted by Crippen LogP contribution is -2.50. The fraction of sp³-hybridized carbons (Fsp3) is 0.714. The smallest absolute Gasteiger partial charge is 0.0280 e. The molecule has 0 aromatic heterocycles. The molecule has 94 valence electrons. The number of hydrogen-bond acceptors (Lipinski definition) is 2. The van der Waals surface area contributed by atoms with Crippen molar-refractivity contribution in [1.82, 2.24) is 10.6 Å². The van der Waals surface area contributed by atoms with E-state index in [0.717, 1.165) is 19.6 Å². The van der Waals surface area contributed by atoms with Gasteiger partial charge in [0.05, 0.1) is 0 Å². The molecule has 0 heterocycles. The molecular formula is C14H28N2. The van der Waals surface area contributed by atoms with Gasteiger partial charge < -0.3 is 10.6 Å². The van der Waals surface area contributed by atoms with E-state index in [1.54, 1.807) is 0 Å². The molecule has 0 aliphatic heterocycles.